The van der Waals surface area contributed by atoms with Crippen LogP contribution >= 0.6 is 0 Å². The van der Waals surface area contributed by atoms with Crippen LogP contribution in [0.3, 0.4) is 0 Å². The first-order chi connectivity index (χ1) is 42.7. The summed E-state index contributed by atoms with van der Waals surface area (Å²) in [5, 5.41) is 2.87. The number of hydrogen-bond donors (Lipinski definition) is 0. The average Bonchev–Trinajstić information content (AvgIpc) is 1.66. The predicted molar refractivity (Wildman–Crippen MR) is 390 cm³/mol. The van der Waals surface area contributed by atoms with E-state index in [4.69, 9.17) is 0 Å². The standard InChI is InChI=1S/C42H64N2.2C21H43.Ni/c1-9-14-19-22-34-29-37(30-35(23-20-15-10-2)38(34)26-21-16-11-3)42-40(25-18-13-5)39(24-17-12-4)41(44(42)43)36-27-31(6)33(8)32(7)28-36;2*1-3-5-7-9-11-13-15-17-19-21-20-18-16-14-12-10-8-6-4-2;/h27-30H,9-26H2,1-8H3;2*1,3-21H2,2H3;. The molecule has 0 saturated heterocycles. The van der Waals surface area contributed by atoms with Gasteiger partial charge in [-0.15, -0.1) is 0 Å². The molecule has 0 aliphatic carbocycles. The maximum atomic E-state index is 12.3. The monoisotopic (exact) mass is 1250 g/mol. The number of benzene rings is 2. The zero-order valence-corrected chi connectivity index (χ0v) is 61.5. The van der Waals surface area contributed by atoms with E-state index in [1.165, 1.54) is 352 Å². The van der Waals surface area contributed by atoms with Crippen molar-refractivity contribution in [1.29, 1.82) is 0 Å². The smallest absolute Gasteiger partial charge is 0.493 e. The summed E-state index contributed by atoms with van der Waals surface area (Å²) in [6.07, 6.45) is 77.7. The van der Waals surface area contributed by atoms with Crippen molar-refractivity contribution in [3.05, 3.63) is 85.5 Å². The first kappa shape index (κ1) is 81.1. The van der Waals surface area contributed by atoms with Gasteiger partial charge < -0.3 is 5.53 Å². The van der Waals surface area contributed by atoms with Crippen molar-refractivity contribution in [1.82, 2.24) is 0 Å². The van der Waals surface area contributed by atoms with Crippen LogP contribution in [0.25, 0.3) is 16.9 Å². The van der Waals surface area contributed by atoms with Crippen LogP contribution in [0.15, 0.2) is 35.4 Å². The molecule has 0 atom stereocenters. The third-order valence-corrected chi connectivity index (χ3v) is 21.0. The van der Waals surface area contributed by atoms with Crippen molar-refractivity contribution in [2.75, 3.05) is 0 Å². The Bertz CT molecular complexity index is 1910. The summed E-state index contributed by atoms with van der Waals surface area (Å²) in [5.74, 6) is 0. The van der Waals surface area contributed by atoms with Crippen molar-refractivity contribution in [3.63, 3.8) is 0 Å². The van der Waals surface area contributed by atoms with Gasteiger partial charge >= 0.3 is 166 Å². The van der Waals surface area contributed by atoms with Gasteiger partial charge in [0.25, 0.3) is 0 Å². The predicted octanol–water partition coefficient (Wildman–Crippen LogP) is 30.1. The molecule has 506 valence electrons. The van der Waals surface area contributed by atoms with E-state index >= 15 is 0 Å². The maximum absolute atomic E-state index is 12.3. The van der Waals surface area contributed by atoms with E-state index < -0.39 is 0 Å². The Balaban J connectivity index is 0.000000594. The van der Waals surface area contributed by atoms with Crippen molar-refractivity contribution in [3.8, 4) is 0 Å². The van der Waals surface area contributed by atoms with Gasteiger partial charge in [0.15, 0.2) is 0 Å². The van der Waals surface area contributed by atoms with Crippen LogP contribution < -0.4 is 0 Å². The van der Waals surface area contributed by atoms with E-state index in [1.807, 2.05) is 14.4 Å². The summed E-state index contributed by atoms with van der Waals surface area (Å²) >= 11 is 2.05. The second kappa shape index (κ2) is 57.9. The Morgan fingerprint density at radius 1 is 0.276 bits per heavy atom. The van der Waals surface area contributed by atoms with Gasteiger partial charge in [0.1, 0.15) is 0 Å². The topological polar surface area (TPSA) is 25.3 Å². The summed E-state index contributed by atoms with van der Waals surface area (Å²) in [7, 11) is 0. The third kappa shape index (κ3) is 38.6. The molecule has 87 heavy (non-hydrogen) atoms. The number of unbranched alkanes of at least 4 members (excludes halogenated alkanes) is 44. The fraction of sp³-hybridized carbons (Fsp3) is 0.810. The van der Waals surface area contributed by atoms with E-state index in [0.717, 1.165) is 68.3 Å². The molecule has 0 fully saturated rings. The van der Waals surface area contributed by atoms with Crippen molar-refractivity contribution in [2.45, 2.75) is 440 Å². The van der Waals surface area contributed by atoms with Crippen molar-refractivity contribution < 1.29 is 19.1 Å². The van der Waals surface area contributed by atoms with Gasteiger partial charge in [0, 0.05) is 22.3 Å². The van der Waals surface area contributed by atoms with Gasteiger partial charge in [0.05, 0.1) is 0 Å². The molecule has 2 nitrogen and oxygen atoms in total. The first-order valence-electron chi connectivity index (χ1n) is 39.4. The molecule has 1 aliphatic heterocycles. The van der Waals surface area contributed by atoms with E-state index in [2.05, 4.69) is 93.5 Å². The molecule has 0 spiro atoms. The Hall–Kier alpha value is -1.99. The van der Waals surface area contributed by atoms with Gasteiger partial charge in [-0.25, -0.2) is 4.70 Å². The number of rotatable bonds is 60. The molecule has 3 rings (SSSR count). The summed E-state index contributed by atoms with van der Waals surface area (Å²) in [6.45, 7) is 22.8. The molecule has 0 bridgehead atoms. The van der Waals surface area contributed by atoms with Gasteiger partial charge in [-0.1, -0.05) is 203 Å². The minimum Gasteiger partial charge on any atom is -0.493 e. The van der Waals surface area contributed by atoms with Crippen LogP contribution in [0, 0.1) is 20.8 Å². The van der Waals surface area contributed by atoms with Gasteiger partial charge in [0.2, 0.25) is 11.4 Å². The summed E-state index contributed by atoms with van der Waals surface area (Å²) in [5.41, 5.74) is 28.2. The molecule has 1 aliphatic rings. The molecule has 1 heterocycles. The molecule has 0 saturated carbocycles. The zero-order chi connectivity index (χ0) is 63.1. The fourth-order valence-electron chi connectivity index (χ4n) is 13.6. The molecule has 3 heteroatoms. The molecule has 2 aromatic rings. The number of hydrogen-bond acceptors (Lipinski definition) is 0. The molecular formula is C84H150N2Ni. The fourth-order valence-corrected chi connectivity index (χ4v) is 14.8. The van der Waals surface area contributed by atoms with Crippen molar-refractivity contribution >= 4 is 11.4 Å². The Labute approximate surface area is 552 Å². The third-order valence-electron chi connectivity index (χ3n) is 19.6. The molecule has 0 aromatic heterocycles. The molecule has 0 unspecified atom stereocenters. The zero-order valence-electron chi connectivity index (χ0n) is 60.5. The van der Waals surface area contributed by atoms with E-state index in [-0.39, 0.29) is 0 Å². The molecular weight excluding hydrogens is 1100 g/mol. The Morgan fingerprint density at radius 3 is 0.805 bits per heavy atom. The number of aryl methyl sites for hydroxylation is 4. The van der Waals surface area contributed by atoms with E-state index in [0.29, 0.717) is 0 Å². The summed E-state index contributed by atoms with van der Waals surface area (Å²) in [6, 6.07) is 9.60. The molecule has 0 radical (unpaired) electrons. The van der Waals surface area contributed by atoms with Crippen LogP contribution in [0.1, 0.15) is 433 Å². The van der Waals surface area contributed by atoms with Crippen LogP contribution in [0.2, 0.25) is 10.8 Å². The molecule has 0 amide bonds. The quantitative estimate of drug-likeness (QED) is 0.0358. The van der Waals surface area contributed by atoms with Crippen molar-refractivity contribution in [2.24, 2.45) is 0 Å². The van der Waals surface area contributed by atoms with Crippen LogP contribution in [-0.4, -0.2) is 4.70 Å². The number of allylic oxidation sites excluding steroid dienone is 2. The Kier molecular flexibility index (Phi) is 54.0. The number of nitrogens with zero attached hydrogens (tertiary/aromatic N) is 2. The van der Waals surface area contributed by atoms with Gasteiger partial charge in [-0.2, -0.15) is 0 Å². The van der Waals surface area contributed by atoms with Gasteiger partial charge in [-0.3, -0.25) is 0 Å². The first-order valence-corrected chi connectivity index (χ1v) is 40.8. The summed E-state index contributed by atoms with van der Waals surface area (Å²) in [4.78, 5) is 0. The van der Waals surface area contributed by atoms with Crippen LogP contribution in [-0.2, 0) is 33.7 Å². The molecule has 0 N–H and O–H groups in total. The normalized spacial score (nSPS) is 12.6. The molecule has 2 aromatic carbocycles. The SMILES string of the molecule is CCCCCCCCCCCCCCCCCCCC[CH2][Ni][CH2]CCCCCCCCCCCCCCCCCCCC.CCCCCc1cc(C2=C(CCCC)C(CCCC)=C(c3cc(C)c(C)c(C)c3)[N+]2=[N-])cc(CCCCC)c1CCCCC. The van der Waals surface area contributed by atoms with Crippen LogP contribution in [0.5, 0.6) is 0 Å². The van der Waals surface area contributed by atoms with E-state index in [9.17, 15) is 5.53 Å². The van der Waals surface area contributed by atoms with Crippen LogP contribution in [0.4, 0.5) is 0 Å². The second-order valence-electron chi connectivity index (χ2n) is 27.8. The Morgan fingerprint density at radius 2 is 0.517 bits per heavy atom. The van der Waals surface area contributed by atoms with Gasteiger partial charge in [-0.05, 0) is 143 Å². The minimum absolute atomic E-state index is 1.01. The average molecular weight is 1250 g/mol. The van der Waals surface area contributed by atoms with E-state index in [1.54, 1.807) is 21.4 Å². The summed E-state index contributed by atoms with van der Waals surface area (Å²) < 4.78 is 1.62. The second-order valence-corrected chi connectivity index (χ2v) is 29.2. The minimum atomic E-state index is 1.01.